The summed E-state index contributed by atoms with van der Waals surface area (Å²) >= 11 is 12.2. The lowest BCUT2D eigenvalue weighted by atomic mass is 9.72. The molecule has 5 nitrogen and oxygen atoms in total. The summed E-state index contributed by atoms with van der Waals surface area (Å²) in [6, 6.07) is 12.4. The highest BCUT2D eigenvalue weighted by Crippen LogP contribution is 2.45. The molecular formula is C26H25Cl2NO4. The Bertz CT molecular complexity index is 1120. The lowest BCUT2D eigenvalue weighted by Gasteiger charge is -2.42. The highest BCUT2D eigenvalue weighted by molar-refractivity contribution is 6.35. The van der Waals surface area contributed by atoms with Crippen molar-refractivity contribution in [2.24, 2.45) is 5.92 Å². The van der Waals surface area contributed by atoms with Crippen molar-refractivity contribution >= 4 is 35.3 Å². The minimum absolute atomic E-state index is 0.103. The summed E-state index contributed by atoms with van der Waals surface area (Å²) in [6.45, 7) is 2.54. The number of hydrogen-bond donors (Lipinski definition) is 0. The molecule has 172 valence electrons. The fraction of sp³-hybridized carbons (Fsp3) is 0.385. The molecule has 0 radical (unpaired) electrons. The lowest BCUT2D eigenvalue weighted by Crippen LogP contribution is -2.51. The Labute approximate surface area is 204 Å². The second-order valence-electron chi connectivity index (χ2n) is 8.57. The van der Waals surface area contributed by atoms with E-state index in [2.05, 4.69) is 11.8 Å². The Morgan fingerprint density at radius 1 is 1.12 bits per heavy atom. The third-order valence-electron chi connectivity index (χ3n) is 6.41. The van der Waals surface area contributed by atoms with Crippen LogP contribution in [0.1, 0.15) is 47.2 Å². The molecule has 2 fully saturated rings. The minimum Gasteiger partial charge on any atom is -0.453 e. The number of methoxy groups -OCH3 is 1. The van der Waals surface area contributed by atoms with Crippen LogP contribution in [0.25, 0.3) is 0 Å². The minimum atomic E-state index is -1.04. The van der Waals surface area contributed by atoms with Gasteiger partial charge in [-0.2, -0.15) is 0 Å². The summed E-state index contributed by atoms with van der Waals surface area (Å²) in [4.78, 5) is 27.3. The van der Waals surface area contributed by atoms with Crippen LogP contribution < -0.4 is 0 Å². The molecule has 1 saturated heterocycles. The number of esters is 1. The molecule has 1 amide bonds. The second kappa shape index (κ2) is 9.67. The van der Waals surface area contributed by atoms with Crippen LogP contribution in [0.3, 0.4) is 0 Å². The summed E-state index contributed by atoms with van der Waals surface area (Å²) in [6.07, 6.45) is 2.47. The average Bonchev–Trinajstić information content (AvgIpc) is 3.22. The second-order valence-corrected chi connectivity index (χ2v) is 9.45. The topological polar surface area (TPSA) is 55.8 Å². The fourth-order valence-electron chi connectivity index (χ4n) is 4.96. The first-order valence-electron chi connectivity index (χ1n) is 11.0. The van der Waals surface area contributed by atoms with Gasteiger partial charge in [0.05, 0.1) is 12.7 Å². The Balaban J connectivity index is 1.73. The van der Waals surface area contributed by atoms with Crippen LogP contribution in [-0.4, -0.2) is 42.3 Å². The van der Waals surface area contributed by atoms with Gasteiger partial charge in [-0.3, -0.25) is 0 Å². The van der Waals surface area contributed by atoms with Crippen LogP contribution in [0.2, 0.25) is 10.0 Å². The number of aryl methyl sites for hydroxylation is 1. The number of likely N-dealkylation sites (tertiary alicyclic amines) is 1. The number of fused-ring (bicyclic) bond motifs is 1. The number of carbonyl (C=O) groups excluding carboxylic acids is 2. The Hall–Kier alpha value is -2.68. The molecule has 1 aliphatic heterocycles. The van der Waals surface area contributed by atoms with Crippen LogP contribution in [0, 0.1) is 24.7 Å². The first kappa shape index (κ1) is 23.5. The summed E-state index contributed by atoms with van der Waals surface area (Å²) in [5.41, 5.74) is 1.18. The summed E-state index contributed by atoms with van der Waals surface area (Å²) in [5, 5.41) is 0.710. The van der Waals surface area contributed by atoms with Gasteiger partial charge >= 0.3 is 12.1 Å². The zero-order valence-corrected chi connectivity index (χ0v) is 20.1. The largest absolute Gasteiger partial charge is 0.453 e. The van der Waals surface area contributed by atoms with E-state index in [0.29, 0.717) is 29.4 Å². The van der Waals surface area contributed by atoms with Gasteiger partial charge in [-0.1, -0.05) is 41.3 Å². The molecule has 33 heavy (non-hydrogen) atoms. The number of amides is 1. The highest BCUT2D eigenvalue weighted by atomic mass is 35.5. The molecule has 4 rings (SSSR count). The fourth-order valence-corrected chi connectivity index (χ4v) is 5.49. The van der Waals surface area contributed by atoms with Gasteiger partial charge in [-0.25, -0.2) is 9.59 Å². The predicted octanol–water partition coefficient (Wildman–Crippen LogP) is 5.89. The van der Waals surface area contributed by atoms with E-state index >= 15 is 0 Å². The molecule has 2 aromatic rings. The van der Waals surface area contributed by atoms with Crippen LogP contribution in [-0.2, 0) is 9.47 Å². The van der Waals surface area contributed by atoms with E-state index in [0.717, 1.165) is 24.0 Å². The van der Waals surface area contributed by atoms with E-state index in [1.54, 1.807) is 11.0 Å². The summed E-state index contributed by atoms with van der Waals surface area (Å²) < 4.78 is 11.2. The maximum atomic E-state index is 13.2. The average molecular weight is 486 g/mol. The molecule has 0 bridgehead atoms. The van der Waals surface area contributed by atoms with Gasteiger partial charge in [-0.05, 0) is 74.4 Å². The molecule has 0 spiro atoms. The van der Waals surface area contributed by atoms with Gasteiger partial charge in [0, 0.05) is 34.1 Å². The number of benzene rings is 2. The summed E-state index contributed by atoms with van der Waals surface area (Å²) in [7, 11) is 1.38. The molecule has 2 aromatic carbocycles. The smallest absolute Gasteiger partial charge is 0.409 e. The van der Waals surface area contributed by atoms with Crippen LogP contribution in [0.4, 0.5) is 4.79 Å². The van der Waals surface area contributed by atoms with Crippen molar-refractivity contribution in [3.63, 3.8) is 0 Å². The molecule has 0 aromatic heterocycles. The van der Waals surface area contributed by atoms with Crippen molar-refractivity contribution in [2.75, 3.05) is 13.7 Å². The monoisotopic (exact) mass is 485 g/mol. The first-order valence-corrected chi connectivity index (χ1v) is 11.7. The maximum absolute atomic E-state index is 13.2. The molecular weight excluding hydrogens is 461 g/mol. The molecule has 1 heterocycles. The van der Waals surface area contributed by atoms with Gasteiger partial charge in [0.15, 0.2) is 5.60 Å². The van der Waals surface area contributed by atoms with Crippen LogP contribution >= 0.6 is 23.2 Å². The molecule has 0 N–H and O–H groups in total. The van der Waals surface area contributed by atoms with Gasteiger partial charge in [0.2, 0.25) is 0 Å². The number of rotatable bonds is 2. The number of ether oxygens (including phenoxy) is 2. The lowest BCUT2D eigenvalue weighted by molar-refractivity contribution is -0.0445. The van der Waals surface area contributed by atoms with E-state index in [9.17, 15) is 9.59 Å². The zero-order valence-electron chi connectivity index (χ0n) is 18.6. The molecule has 3 atom stereocenters. The quantitative estimate of drug-likeness (QED) is 0.393. The number of hydrogen-bond acceptors (Lipinski definition) is 4. The first-order chi connectivity index (χ1) is 15.8. The SMILES string of the molecule is COC(=O)N1CC[C@@H]2[C@H]1CCC[C@]2(C#Cc1cccc(C)c1)OC(=O)c1cc(Cl)cc(Cl)c1. The molecule has 1 saturated carbocycles. The van der Waals surface area contributed by atoms with E-state index < -0.39 is 11.6 Å². The molecule has 7 heteroatoms. The zero-order chi connectivity index (χ0) is 23.6. The van der Waals surface area contributed by atoms with Crippen molar-refractivity contribution in [3.8, 4) is 11.8 Å². The van der Waals surface area contributed by atoms with E-state index in [1.807, 2.05) is 31.2 Å². The number of halogens is 2. The third kappa shape index (κ3) is 4.98. The Kier molecular flexibility index (Phi) is 6.88. The Morgan fingerprint density at radius 2 is 1.88 bits per heavy atom. The normalized spacial score (nSPS) is 23.8. The van der Waals surface area contributed by atoms with Crippen LogP contribution in [0.15, 0.2) is 42.5 Å². The van der Waals surface area contributed by atoms with Crippen LogP contribution in [0.5, 0.6) is 0 Å². The predicted molar refractivity (Wildman–Crippen MR) is 128 cm³/mol. The van der Waals surface area contributed by atoms with Gasteiger partial charge in [0.25, 0.3) is 0 Å². The van der Waals surface area contributed by atoms with Crippen molar-refractivity contribution in [1.82, 2.24) is 4.90 Å². The Morgan fingerprint density at radius 3 is 2.58 bits per heavy atom. The van der Waals surface area contributed by atoms with Crippen molar-refractivity contribution < 1.29 is 19.1 Å². The molecule has 2 aliphatic rings. The van der Waals surface area contributed by atoms with Gasteiger partial charge < -0.3 is 14.4 Å². The highest BCUT2D eigenvalue weighted by Gasteiger charge is 2.53. The van der Waals surface area contributed by atoms with Gasteiger partial charge in [-0.15, -0.1) is 0 Å². The third-order valence-corrected chi connectivity index (χ3v) is 6.85. The van der Waals surface area contributed by atoms with E-state index in [1.165, 1.54) is 19.2 Å². The molecule has 0 unspecified atom stereocenters. The van der Waals surface area contributed by atoms with Crippen molar-refractivity contribution in [3.05, 3.63) is 69.2 Å². The van der Waals surface area contributed by atoms with Crippen molar-refractivity contribution in [2.45, 2.75) is 44.2 Å². The number of carbonyl (C=O) groups is 2. The van der Waals surface area contributed by atoms with Gasteiger partial charge in [0.1, 0.15) is 0 Å². The molecule has 1 aliphatic carbocycles. The van der Waals surface area contributed by atoms with E-state index in [-0.39, 0.29) is 23.6 Å². The maximum Gasteiger partial charge on any atom is 0.409 e. The number of nitrogens with zero attached hydrogens (tertiary/aromatic N) is 1. The van der Waals surface area contributed by atoms with Crippen molar-refractivity contribution in [1.29, 1.82) is 0 Å². The van der Waals surface area contributed by atoms with E-state index in [4.69, 9.17) is 32.7 Å². The summed E-state index contributed by atoms with van der Waals surface area (Å²) in [5.74, 6) is 5.90. The standard InChI is InChI=1S/C26H25Cl2NO4/c1-17-5-3-6-18(13-17)8-11-26(33-24(30)19-14-20(27)16-21(28)15-19)10-4-7-23-22(26)9-12-29(23)25(31)32-2/h3,5-6,13-16,22-23H,4,7,9-10,12H2,1-2H3/t22-,23-,26-/m1/s1.